The maximum absolute atomic E-state index is 11.8. The highest BCUT2D eigenvalue weighted by Crippen LogP contribution is 2.42. The van der Waals surface area contributed by atoms with Gasteiger partial charge < -0.3 is 4.74 Å². The number of carbonyl (C=O) groups excluding carboxylic acids is 1. The van der Waals surface area contributed by atoms with Crippen LogP contribution < -0.4 is 5.14 Å². The molecular formula is C11H17N3O4S. The summed E-state index contributed by atoms with van der Waals surface area (Å²) in [6.07, 6.45) is 1.73. The molecule has 1 saturated carbocycles. The molecule has 2 rings (SSSR count). The van der Waals surface area contributed by atoms with Gasteiger partial charge in [-0.1, -0.05) is 13.8 Å². The summed E-state index contributed by atoms with van der Waals surface area (Å²) in [4.78, 5) is 11.6. The molecule has 0 amide bonds. The average Bonchev–Trinajstić information content (AvgIpc) is 3.03. The van der Waals surface area contributed by atoms with Crippen LogP contribution in [-0.2, 0) is 14.8 Å². The molecule has 7 nitrogen and oxygen atoms in total. The number of primary sulfonamides is 1. The number of aromatic amines is 1. The standard InChI is InChI=1S/C11H17N3O4S/c1-6(2)5-18-11(15)9-10(19(12,16)17)8(13-14-9)7-3-4-7/h6-7H,3-5H2,1-2H3,(H,13,14)(H2,12,16,17). The van der Waals surface area contributed by atoms with Crippen LogP contribution in [0.25, 0.3) is 0 Å². The first-order chi connectivity index (χ1) is 8.80. The van der Waals surface area contributed by atoms with E-state index in [1.54, 1.807) is 0 Å². The molecule has 3 N–H and O–H groups in total. The van der Waals surface area contributed by atoms with Crippen molar-refractivity contribution < 1.29 is 17.9 Å². The van der Waals surface area contributed by atoms with Gasteiger partial charge in [0.25, 0.3) is 0 Å². The molecule has 1 aromatic rings. The topological polar surface area (TPSA) is 115 Å². The Morgan fingerprint density at radius 3 is 2.63 bits per heavy atom. The first-order valence-corrected chi connectivity index (χ1v) is 7.63. The third-order valence-electron chi connectivity index (χ3n) is 2.76. The molecule has 1 aromatic heterocycles. The largest absolute Gasteiger partial charge is 0.461 e. The molecule has 1 heterocycles. The summed E-state index contributed by atoms with van der Waals surface area (Å²) >= 11 is 0. The van der Waals surface area contributed by atoms with Crippen molar-refractivity contribution >= 4 is 16.0 Å². The zero-order chi connectivity index (χ0) is 14.2. The number of ether oxygens (including phenoxy) is 1. The van der Waals surface area contributed by atoms with Gasteiger partial charge in [0.2, 0.25) is 10.0 Å². The minimum Gasteiger partial charge on any atom is -0.461 e. The molecule has 106 valence electrons. The van der Waals surface area contributed by atoms with Crippen molar-refractivity contribution in [3.8, 4) is 0 Å². The predicted octanol–water partition coefficient (Wildman–Crippen LogP) is 0.747. The molecule has 0 bridgehead atoms. The second-order valence-electron chi connectivity index (χ2n) is 5.13. The molecule has 0 spiro atoms. The van der Waals surface area contributed by atoms with Gasteiger partial charge in [0, 0.05) is 5.92 Å². The summed E-state index contributed by atoms with van der Waals surface area (Å²) < 4.78 is 28.2. The summed E-state index contributed by atoms with van der Waals surface area (Å²) in [6.45, 7) is 3.97. The smallest absolute Gasteiger partial charge is 0.360 e. The number of rotatable bonds is 5. The lowest BCUT2D eigenvalue weighted by Gasteiger charge is -2.06. The van der Waals surface area contributed by atoms with Gasteiger partial charge in [-0.05, 0) is 18.8 Å². The molecule has 0 aromatic carbocycles. The summed E-state index contributed by atoms with van der Waals surface area (Å²) in [5.41, 5.74) is 0.170. The van der Waals surface area contributed by atoms with E-state index in [9.17, 15) is 13.2 Å². The molecule has 8 heteroatoms. The SMILES string of the molecule is CC(C)COC(=O)c1n[nH]c(C2CC2)c1S(N)(=O)=O. The maximum atomic E-state index is 11.8. The minimum atomic E-state index is -4.00. The van der Waals surface area contributed by atoms with E-state index >= 15 is 0 Å². The summed E-state index contributed by atoms with van der Waals surface area (Å²) in [5.74, 6) is -0.517. The van der Waals surface area contributed by atoms with Crippen LogP contribution in [0.3, 0.4) is 0 Å². The first-order valence-electron chi connectivity index (χ1n) is 6.09. The van der Waals surface area contributed by atoms with Gasteiger partial charge >= 0.3 is 5.97 Å². The summed E-state index contributed by atoms with van der Waals surface area (Å²) in [5, 5.41) is 11.5. The highest BCUT2D eigenvalue weighted by molar-refractivity contribution is 7.89. The normalized spacial score (nSPS) is 15.8. The van der Waals surface area contributed by atoms with Gasteiger partial charge in [0.05, 0.1) is 12.3 Å². The second kappa shape index (κ2) is 4.93. The highest BCUT2D eigenvalue weighted by Gasteiger charge is 2.36. The predicted molar refractivity (Wildman–Crippen MR) is 67.1 cm³/mol. The number of H-pyrrole nitrogens is 1. The van der Waals surface area contributed by atoms with Gasteiger partial charge in [0.15, 0.2) is 5.69 Å². The van der Waals surface area contributed by atoms with Crippen molar-refractivity contribution in [1.29, 1.82) is 0 Å². The average molecular weight is 287 g/mol. The molecule has 0 atom stereocenters. The van der Waals surface area contributed by atoms with Crippen molar-refractivity contribution in [3.05, 3.63) is 11.4 Å². The van der Waals surface area contributed by atoms with Crippen LogP contribution >= 0.6 is 0 Å². The highest BCUT2D eigenvalue weighted by atomic mass is 32.2. The Hall–Kier alpha value is -1.41. The summed E-state index contributed by atoms with van der Waals surface area (Å²) in [6, 6.07) is 0. The fourth-order valence-electron chi connectivity index (χ4n) is 1.73. The summed E-state index contributed by atoms with van der Waals surface area (Å²) in [7, 11) is -4.00. The van der Waals surface area contributed by atoms with Crippen LogP contribution in [0.15, 0.2) is 4.90 Å². The van der Waals surface area contributed by atoms with Crippen LogP contribution in [0.1, 0.15) is 48.8 Å². The van der Waals surface area contributed by atoms with Crippen molar-refractivity contribution in [2.75, 3.05) is 6.61 Å². The van der Waals surface area contributed by atoms with Crippen LogP contribution in [0.2, 0.25) is 0 Å². The maximum Gasteiger partial charge on any atom is 0.360 e. The van der Waals surface area contributed by atoms with Gasteiger partial charge in [-0.15, -0.1) is 0 Å². The van der Waals surface area contributed by atoms with E-state index in [1.165, 1.54) is 0 Å². The van der Waals surface area contributed by atoms with Crippen molar-refractivity contribution in [3.63, 3.8) is 0 Å². The van der Waals surface area contributed by atoms with E-state index in [4.69, 9.17) is 9.88 Å². The molecule has 0 radical (unpaired) electrons. The third kappa shape index (κ3) is 3.13. The van der Waals surface area contributed by atoms with Gasteiger partial charge in [-0.25, -0.2) is 18.4 Å². The Kier molecular flexibility index (Phi) is 3.64. The lowest BCUT2D eigenvalue weighted by Crippen LogP contribution is -2.19. The van der Waals surface area contributed by atoms with Crippen LogP contribution in [0.4, 0.5) is 0 Å². The fraction of sp³-hybridized carbons (Fsp3) is 0.636. The number of nitrogens with zero attached hydrogens (tertiary/aromatic N) is 1. The molecule has 0 aliphatic heterocycles. The number of esters is 1. The van der Waals surface area contributed by atoms with E-state index in [2.05, 4.69) is 10.2 Å². The third-order valence-corrected chi connectivity index (χ3v) is 3.74. The molecular weight excluding hydrogens is 270 g/mol. The number of hydrogen-bond acceptors (Lipinski definition) is 5. The molecule has 19 heavy (non-hydrogen) atoms. The Balaban J connectivity index is 2.32. The number of sulfonamides is 1. The number of nitrogens with one attached hydrogen (secondary N) is 1. The van der Waals surface area contributed by atoms with E-state index in [1.807, 2.05) is 13.8 Å². The van der Waals surface area contributed by atoms with Crippen molar-refractivity contribution in [2.24, 2.45) is 11.1 Å². The van der Waals surface area contributed by atoms with Gasteiger partial charge in [-0.3, -0.25) is 5.10 Å². The Labute approximate surface area is 111 Å². The Bertz CT molecular complexity index is 587. The molecule has 1 aliphatic carbocycles. The number of nitrogens with two attached hydrogens (primary N) is 1. The van der Waals surface area contributed by atoms with Crippen LogP contribution in [0.5, 0.6) is 0 Å². The van der Waals surface area contributed by atoms with E-state index in [-0.39, 0.29) is 29.0 Å². The zero-order valence-electron chi connectivity index (χ0n) is 10.8. The van der Waals surface area contributed by atoms with Gasteiger partial charge in [-0.2, -0.15) is 5.10 Å². The molecule has 1 fully saturated rings. The lowest BCUT2D eigenvalue weighted by atomic mass is 10.2. The quantitative estimate of drug-likeness (QED) is 0.775. The second-order valence-corrected chi connectivity index (χ2v) is 6.62. The fourth-order valence-corrected chi connectivity index (χ4v) is 2.65. The van der Waals surface area contributed by atoms with Crippen LogP contribution in [-0.4, -0.2) is 31.2 Å². The van der Waals surface area contributed by atoms with E-state index < -0.39 is 16.0 Å². The van der Waals surface area contributed by atoms with Crippen molar-refractivity contribution in [2.45, 2.75) is 37.5 Å². The molecule has 1 aliphatic rings. The molecule has 0 saturated heterocycles. The first kappa shape index (κ1) is 14.0. The van der Waals surface area contributed by atoms with E-state index in [0.717, 1.165) is 12.8 Å². The minimum absolute atomic E-state index is 0.0903. The zero-order valence-corrected chi connectivity index (χ0v) is 11.7. The number of aromatic nitrogens is 2. The van der Waals surface area contributed by atoms with Crippen LogP contribution in [0, 0.1) is 5.92 Å². The van der Waals surface area contributed by atoms with E-state index in [0.29, 0.717) is 5.69 Å². The monoisotopic (exact) mass is 287 g/mol. The number of hydrogen-bond donors (Lipinski definition) is 2. The van der Waals surface area contributed by atoms with Gasteiger partial charge in [0.1, 0.15) is 4.90 Å². The Morgan fingerprint density at radius 2 is 2.16 bits per heavy atom. The Morgan fingerprint density at radius 1 is 1.53 bits per heavy atom. The number of carbonyl (C=O) groups is 1. The lowest BCUT2D eigenvalue weighted by molar-refractivity contribution is 0.0447. The van der Waals surface area contributed by atoms with Crippen molar-refractivity contribution in [1.82, 2.24) is 10.2 Å². The molecule has 0 unspecified atom stereocenters.